The monoisotopic (exact) mass is 214 g/mol. The van der Waals surface area contributed by atoms with Crippen LogP contribution in [0.1, 0.15) is 12.5 Å². The summed E-state index contributed by atoms with van der Waals surface area (Å²) >= 11 is 5.68. The second-order valence-corrected chi connectivity index (χ2v) is 3.64. The standard InChI is InChI=1S/C10H11ClO3/c1-6(10(13)14)4-7-2-3-9(12)8(11)5-7/h2-3,5-6,12H,4H2,1H3,(H,13,14). The van der Waals surface area contributed by atoms with Crippen LogP contribution in [-0.4, -0.2) is 16.2 Å². The Morgan fingerprint density at radius 1 is 1.57 bits per heavy atom. The molecule has 76 valence electrons. The summed E-state index contributed by atoms with van der Waals surface area (Å²) in [6.07, 6.45) is 0.412. The lowest BCUT2D eigenvalue weighted by molar-refractivity contribution is -0.141. The Kier molecular flexibility index (Phi) is 3.36. The zero-order chi connectivity index (χ0) is 10.7. The van der Waals surface area contributed by atoms with E-state index in [1.54, 1.807) is 19.1 Å². The largest absolute Gasteiger partial charge is 0.506 e. The van der Waals surface area contributed by atoms with E-state index in [2.05, 4.69) is 0 Å². The second-order valence-electron chi connectivity index (χ2n) is 3.23. The predicted molar refractivity (Wildman–Crippen MR) is 53.6 cm³/mol. The zero-order valence-electron chi connectivity index (χ0n) is 7.70. The fraction of sp³-hybridized carbons (Fsp3) is 0.300. The van der Waals surface area contributed by atoms with E-state index in [-0.39, 0.29) is 10.8 Å². The number of aliphatic carboxylic acids is 1. The van der Waals surface area contributed by atoms with Gasteiger partial charge in [0.1, 0.15) is 5.75 Å². The van der Waals surface area contributed by atoms with E-state index in [0.717, 1.165) is 5.56 Å². The number of hydrogen-bond acceptors (Lipinski definition) is 2. The molecule has 1 unspecified atom stereocenters. The average Bonchev–Trinajstić information content (AvgIpc) is 2.11. The van der Waals surface area contributed by atoms with Gasteiger partial charge in [-0.05, 0) is 24.1 Å². The van der Waals surface area contributed by atoms with E-state index in [1.165, 1.54) is 6.07 Å². The quantitative estimate of drug-likeness (QED) is 0.812. The SMILES string of the molecule is CC(Cc1ccc(O)c(Cl)c1)C(=O)O. The van der Waals surface area contributed by atoms with E-state index in [9.17, 15) is 4.79 Å². The summed E-state index contributed by atoms with van der Waals surface area (Å²) in [6.45, 7) is 1.63. The van der Waals surface area contributed by atoms with Crippen LogP contribution in [0.5, 0.6) is 5.75 Å². The van der Waals surface area contributed by atoms with Crippen LogP contribution in [0.2, 0.25) is 5.02 Å². The van der Waals surface area contributed by atoms with E-state index in [0.29, 0.717) is 6.42 Å². The van der Waals surface area contributed by atoms with E-state index in [4.69, 9.17) is 21.8 Å². The molecule has 0 aliphatic carbocycles. The maximum atomic E-state index is 10.6. The molecule has 1 aromatic carbocycles. The van der Waals surface area contributed by atoms with Crippen LogP contribution in [0.15, 0.2) is 18.2 Å². The third-order valence-electron chi connectivity index (χ3n) is 1.98. The van der Waals surface area contributed by atoms with Crippen molar-refractivity contribution in [2.75, 3.05) is 0 Å². The van der Waals surface area contributed by atoms with Crippen LogP contribution in [0.4, 0.5) is 0 Å². The smallest absolute Gasteiger partial charge is 0.306 e. The highest BCUT2D eigenvalue weighted by atomic mass is 35.5. The highest BCUT2D eigenvalue weighted by molar-refractivity contribution is 6.32. The minimum atomic E-state index is -0.839. The van der Waals surface area contributed by atoms with Crippen LogP contribution in [-0.2, 0) is 11.2 Å². The Morgan fingerprint density at radius 3 is 2.71 bits per heavy atom. The fourth-order valence-electron chi connectivity index (χ4n) is 1.12. The summed E-state index contributed by atoms with van der Waals surface area (Å²) in [6, 6.07) is 4.71. The van der Waals surface area contributed by atoms with E-state index < -0.39 is 11.9 Å². The van der Waals surface area contributed by atoms with E-state index in [1.807, 2.05) is 0 Å². The van der Waals surface area contributed by atoms with Gasteiger partial charge in [-0.1, -0.05) is 24.6 Å². The van der Waals surface area contributed by atoms with Gasteiger partial charge in [-0.25, -0.2) is 0 Å². The highest BCUT2D eigenvalue weighted by Crippen LogP contribution is 2.24. The number of rotatable bonds is 3. The highest BCUT2D eigenvalue weighted by Gasteiger charge is 2.12. The zero-order valence-corrected chi connectivity index (χ0v) is 8.45. The van der Waals surface area contributed by atoms with Crippen LogP contribution in [0.25, 0.3) is 0 Å². The lowest BCUT2D eigenvalue weighted by Crippen LogP contribution is -2.12. The first-order valence-electron chi connectivity index (χ1n) is 4.21. The van der Waals surface area contributed by atoms with Crippen molar-refractivity contribution in [3.05, 3.63) is 28.8 Å². The molecule has 0 aromatic heterocycles. The third-order valence-corrected chi connectivity index (χ3v) is 2.28. The van der Waals surface area contributed by atoms with Crippen LogP contribution in [0, 0.1) is 5.92 Å². The maximum Gasteiger partial charge on any atom is 0.306 e. The van der Waals surface area contributed by atoms with Crippen molar-refractivity contribution in [2.45, 2.75) is 13.3 Å². The number of halogens is 1. The summed E-state index contributed by atoms with van der Waals surface area (Å²) < 4.78 is 0. The summed E-state index contributed by atoms with van der Waals surface area (Å²) in [5, 5.41) is 18.1. The maximum absolute atomic E-state index is 10.6. The number of phenolic OH excluding ortho intramolecular Hbond substituents is 1. The molecule has 0 amide bonds. The van der Waals surface area contributed by atoms with Gasteiger partial charge in [-0.15, -0.1) is 0 Å². The van der Waals surface area contributed by atoms with Gasteiger partial charge in [0.15, 0.2) is 0 Å². The predicted octanol–water partition coefficient (Wildman–Crippen LogP) is 2.31. The molecule has 0 spiro atoms. The van der Waals surface area contributed by atoms with Gasteiger partial charge in [0, 0.05) is 0 Å². The summed E-state index contributed by atoms with van der Waals surface area (Å²) in [7, 11) is 0. The molecule has 0 saturated heterocycles. The molecule has 4 heteroatoms. The van der Waals surface area contributed by atoms with Gasteiger partial charge in [0.2, 0.25) is 0 Å². The van der Waals surface area contributed by atoms with Crippen LogP contribution < -0.4 is 0 Å². The lowest BCUT2D eigenvalue weighted by atomic mass is 10.0. The van der Waals surface area contributed by atoms with Crippen molar-refractivity contribution in [1.82, 2.24) is 0 Å². The Hall–Kier alpha value is -1.22. The summed E-state index contributed by atoms with van der Waals surface area (Å²) in [4.78, 5) is 10.6. The molecule has 0 heterocycles. The Bertz CT molecular complexity index is 349. The van der Waals surface area contributed by atoms with Crippen LogP contribution >= 0.6 is 11.6 Å². The van der Waals surface area contributed by atoms with Crippen molar-refractivity contribution >= 4 is 17.6 Å². The number of carboxylic acid groups (broad SMARTS) is 1. The van der Waals surface area contributed by atoms with Crippen molar-refractivity contribution in [1.29, 1.82) is 0 Å². The molecule has 0 aliphatic heterocycles. The number of aromatic hydroxyl groups is 1. The first kappa shape index (κ1) is 10.9. The molecule has 0 bridgehead atoms. The molecule has 0 saturated carbocycles. The van der Waals surface area contributed by atoms with Gasteiger partial charge in [-0.3, -0.25) is 4.79 Å². The molecule has 0 radical (unpaired) electrons. The molecule has 0 fully saturated rings. The first-order valence-corrected chi connectivity index (χ1v) is 4.58. The van der Waals surface area contributed by atoms with Crippen LogP contribution in [0.3, 0.4) is 0 Å². The molecular formula is C10H11ClO3. The lowest BCUT2D eigenvalue weighted by Gasteiger charge is -2.06. The Morgan fingerprint density at radius 2 is 2.21 bits per heavy atom. The van der Waals surface area contributed by atoms with Gasteiger partial charge in [0.25, 0.3) is 0 Å². The summed E-state index contributed by atoms with van der Waals surface area (Å²) in [5.74, 6) is -1.27. The van der Waals surface area contributed by atoms with Gasteiger partial charge >= 0.3 is 5.97 Å². The normalized spacial score (nSPS) is 12.4. The minimum Gasteiger partial charge on any atom is -0.506 e. The second kappa shape index (κ2) is 4.33. The van der Waals surface area contributed by atoms with Gasteiger partial charge < -0.3 is 10.2 Å². The molecule has 1 rings (SSSR count). The first-order chi connectivity index (χ1) is 6.50. The Labute approximate surface area is 86.9 Å². The number of benzene rings is 1. The number of carboxylic acids is 1. The average molecular weight is 215 g/mol. The fourth-order valence-corrected chi connectivity index (χ4v) is 1.32. The third kappa shape index (κ3) is 2.64. The number of hydrogen-bond donors (Lipinski definition) is 2. The van der Waals surface area contributed by atoms with Crippen molar-refractivity contribution < 1.29 is 15.0 Å². The Balaban J connectivity index is 2.78. The van der Waals surface area contributed by atoms with Crippen molar-refractivity contribution in [3.63, 3.8) is 0 Å². The van der Waals surface area contributed by atoms with E-state index >= 15 is 0 Å². The molecule has 1 atom stereocenters. The molecule has 1 aromatic rings. The topological polar surface area (TPSA) is 57.5 Å². The molecule has 0 aliphatic rings. The molecule has 14 heavy (non-hydrogen) atoms. The van der Waals surface area contributed by atoms with Gasteiger partial charge in [-0.2, -0.15) is 0 Å². The number of carbonyl (C=O) groups is 1. The number of phenols is 1. The minimum absolute atomic E-state index is 0.0124. The summed E-state index contributed by atoms with van der Waals surface area (Å²) in [5.41, 5.74) is 0.808. The molecule has 3 nitrogen and oxygen atoms in total. The van der Waals surface area contributed by atoms with Gasteiger partial charge in [0.05, 0.1) is 10.9 Å². The van der Waals surface area contributed by atoms with Crippen molar-refractivity contribution in [2.24, 2.45) is 5.92 Å². The molecular weight excluding hydrogens is 204 g/mol. The van der Waals surface area contributed by atoms with Crippen molar-refractivity contribution in [3.8, 4) is 5.75 Å². The molecule has 2 N–H and O–H groups in total.